The van der Waals surface area contributed by atoms with Gasteiger partial charge >= 0.3 is 0 Å². The predicted octanol–water partition coefficient (Wildman–Crippen LogP) is 6.01. The number of alkyl halides is 1. The standard InChI is InChI=1S/C18H16Cl3NO3S/c19-6-1-7-24-18-16(20)8-15(9-17(18)21)26-14-4-2-13(3-5-14)25-11-12(23)10-22/h1-5,7-10,23H,6,11,22H2/b7-1+,12-10-. The summed E-state index contributed by atoms with van der Waals surface area (Å²) in [4.78, 5) is 1.84. The fraction of sp³-hybridized carbons (Fsp3) is 0.111. The summed E-state index contributed by atoms with van der Waals surface area (Å²) in [5, 5.41) is 10.1. The van der Waals surface area contributed by atoms with Crippen molar-refractivity contribution in [2.24, 2.45) is 5.73 Å². The average Bonchev–Trinajstić information content (AvgIpc) is 2.63. The average molecular weight is 433 g/mol. The number of aliphatic hydroxyl groups is 1. The van der Waals surface area contributed by atoms with E-state index in [9.17, 15) is 5.11 Å². The van der Waals surface area contributed by atoms with Crippen molar-refractivity contribution in [3.63, 3.8) is 0 Å². The molecule has 2 aromatic rings. The Hall–Kier alpha value is -1.66. The quantitative estimate of drug-likeness (QED) is 0.395. The van der Waals surface area contributed by atoms with E-state index in [0.717, 1.165) is 16.0 Å². The summed E-state index contributed by atoms with van der Waals surface area (Å²) in [5.74, 6) is 1.31. The van der Waals surface area contributed by atoms with E-state index in [1.54, 1.807) is 30.3 Å². The van der Waals surface area contributed by atoms with Crippen LogP contribution in [0, 0.1) is 0 Å². The second-order valence-corrected chi connectivity index (χ2v) is 7.15. The Balaban J connectivity index is 2.05. The van der Waals surface area contributed by atoms with Crippen LogP contribution < -0.4 is 15.2 Å². The van der Waals surface area contributed by atoms with Gasteiger partial charge in [-0.15, -0.1) is 11.6 Å². The summed E-state index contributed by atoms with van der Waals surface area (Å²) in [5.41, 5.74) is 5.18. The Morgan fingerprint density at radius 2 is 1.77 bits per heavy atom. The Bertz CT molecular complexity index is 772. The Labute approximate surface area is 171 Å². The minimum atomic E-state index is -0.0315. The summed E-state index contributed by atoms with van der Waals surface area (Å²) < 4.78 is 10.8. The van der Waals surface area contributed by atoms with Crippen LogP contribution in [0.2, 0.25) is 10.0 Å². The van der Waals surface area contributed by atoms with Crippen LogP contribution in [0.3, 0.4) is 0 Å². The van der Waals surface area contributed by atoms with E-state index in [4.69, 9.17) is 50.0 Å². The van der Waals surface area contributed by atoms with Crippen LogP contribution in [0.1, 0.15) is 0 Å². The van der Waals surface area contributed by atoms with Crippen LogP contribution in [0.5, 0.6) is 11.5 Å². The minimum Gasteiger partial charge on any atom is -0.507 e. The van der Waals surface area contributed by atoms with E-state index < -0.39 is 0 Å². The molecule has 138 valence electrons. The van der Waals surface area contributed by atoms with Gasteiger partial charge in [0, 0.05) is 21.9 Å². The number of benzene rings is 2. The molecule has 2 rings (SSSR count). The van der Waals surface area contributed by atoms with Crippen molar-refractivity contribution in [1.29, 1.82) is 0 Å². The van der Waals surface area contributed by atoms with Gasteiger partial charge in [0.2, 0.25) is 0 Å². The molecule has 0 unspecified atom stereocenters. The van der Waals surface area contributed by atoms with Gasteiger partial charge in [-0.05, 0) is 42.5 Å². The lowest BCUT2D eigenvalue weighted by atomic mass is 10.3. The molecule has 0 aliphatic heterocycles. The number of hydrogen-bond donors (Lipinski definition) is 2. The van der Waals surface area contributed by atoms with E-state index in [2.05, 4.69) is 0 Å². The molecule has 4 nitrogen and oxygen atoms in total. The molecule has 0 bridgehead atoms. The number of allylic oxidation sites excluding steroid dienone is 1. The van der Waals surface area contributed by atoms with Crippen molar-refractivity contribution in [2.75, 3.05) is 12.5 Å². The molecule has 0 saturated heterocycles. The second kappa shape index (κ2) is 10.5. The van der Waals surface area contributed by atoms with Crippen molar-refractivity contribution in [1.82, 2.24) is 0 Å². The third kappa shape index (κ3) is 6.25. The van der Waals surface area contributed by atoms with Crippen molar-refractivity contribution >= 4 is 46.6 Å². The van der Waals surface area contributed by atoms with Crippen LogP contribution in [0.15, 0.2) is 70.5 Å². The number of halogens is 3. The highest BCUT2D eigenvalue weighted by Gasteiger charge is 2.10. The molecule has 0 fully saturated rings. The highest BCUT2D eigenvalue weighted by molar-refractivity contribution is 7.99. The van der Waals surface area contributed by atoms with E-state index in [1.807, 2.05) is 12.1 Å². The molecule has 2 aromatic carbocycles. The number of hydrogen-bond acceptors (Lipinski definition) is 5. The lowest BCUT2D eigenvalue weighted by molar-refractivity contribution is 0.269. The van der Waals surface area contributed by atoms with Crippen LogP contribution in [-0.2, 0) is 0 Å². The van der Waals surface area contributed by atoms with Gasteiger partial charge in [0.15, 0.2) is 5.75 Å². The van der Waals surface area contributed by atoms with Gasteiger partial charge in [0.25, 0.3) is 0 Å². The van der Waals surface area contributed by atoms with Crippen molar-refractivity contribution in [3.8, 4) is 11.5 Å². The maximum absolute atomic E-state index is 9.27. The lowest BCUT2D eigenvalue weighted by Crippen LogP contribution is -2.02. The molecule has 0 aromatic heterocycles. The predicted molar refractivity (Wildman–Crippen MR) is 108 cm³/mol. The van der Waals surface area contributed by atoms with Crippen molar-refractivity contribution < 1.29 is 14.6 Å². The maximum atomic E-state index is 9.27. The zero-order valence-corrected chi connectivity index (χ0v) is 16.6. The number of aliphatic hydroxyl groups excluding tert-OH is 1. The topological polar surface area (TPSA) is 64.7 Å². The van der Waals surface area contributed by atoms with E-state index in [1.165, 1.54) is 18.0 Å². The fourth-order valence-corrected chi connectivity index (χ4v) is 3.48. The highest BCUT2D eigenvalue weighted by Crippen LogP contribution is 2.39. The van der Waals surface area contributed by atoms with E-state index >= 15 is 0 Å². The molecule has 0 atom stereocenters. The van der Waals surface area contributed by atoms with Gasteiger partial charge in [-0.3, -0.25) is 0 Å². The molecule has 0 spiro atoms. The maximum Gasteiger partial charge on any atom is 0.163 e. The van der Waals surface area contributed by atoms with Gasteiger partial charge in [0.1, 0.15) is 18.1 Å². The van der Waals surface area contributed by atoms with Crippen LogP contribution in [-0.4, -0.2) is 17.6 Å². The summed E-state index contributed by atoms with van der Waals surface area (Å²) in [6.07, 6.45) is 4.18. The first-order chi connectivity index (χ1) is 12.5. The monoisotopic (exact) mass is 431 g/mol. The zero-order chi connectivity index (χ0) is 18.9. The number of nitrogens with two attached hydrogens (primary N) is 1. The van der Waals surface area contributed by atoms with Crippen LogP contribution in [0.4, 0.5) is 0 Å². The minimum absolute atomic E-state index is 0.0217. The van der Waals surface area contributed by atoms with Crippen LogP contribution in [0.25, 0.3) is 0 Å². The lowest BCUT2D eigenvalue weighted by Gasteiger charge is -2.10. The number of rotatable bonds is 8. The Morgan fingerprint density at radius 3 is 2.35 bits per heavy atom. The third-order valence-corrected chi connectivity index (χ3v) is 4.70. The van der Waals surface area contributed by atoms with E-state index in [-0.39, 0.29) is 12.4 Å². The molecule has 0 amide bonds. The zero-order valence-electron chi connectivity index (χ0n) is 13.5. The number of ether oxygens (including phenoxy) is 2. The largest absolute Gasteiger partial charge is 0.507 e. The van der Waals surface area contributed by atoms with Crippen LogP contribution >= 0.6 is 46.6 Å². The van der Waals surface area contributed by atoms with Gasteiger partial charge in [-0.25, -0.2) is 0 Å². The Kier molecular flexibility index (Phi) is 8.32. The summed E-state index contributed by atoms with van der Waals surface area (Å²) in [6, 6.07) is 10.9. The molecule has 3 N–H and O–H groups in total. The first-order valence-corrected chi connectivity index (χ1v) is 9.51. The first kappa shape index (κ1) is 20.6. The summed E-state index contributed by atoms with van der Waals surface area (Å²) in [6.45, 7) is 0.0217. The van der Waals surface area contributed by atoms with Gasteiger partial charge in [-0.2, -0.15) is 0 Å². The van der Waals surface area contributed by atoms with Crippen molar-refractivity contribution in [2.45, 2.75) is 9.79 Å². The molecular weight excluding hydrogens is 417 g/mol. The molecular formula is C18H16Cl3NO3S. The third-order valence-electron chi connectivity index (χ3n) is 2.98. The van der Waals surface area contributed by atoms with E-state index in [0.29, 0.717) is 27.4 Å². The first-order valence-electron chi connectivity index (χ1n) is 7.40. The molecule has 0 aliphatic rings. The fourth-order valence-electron chi connectivity index (χ4n) is 1.81. The molecule has 26 heavy (non-hydrogen) atoms. The molecule has 8 heteroatoms. The molecule has 0 saturated carbocycles. The van der Waals surface area contributed by atoms with Gasteiger partial charge < -0.3 is 20.3 Å². The van der Waals surface area contributed by atoms with Gasteiger partial charge in [-0.1, -0.05) is 35.0 Å². The molecule has 0 radical (unpaired) electrons. The highest BCUT2D eigenvalue weighted by atomic mass is 35.5. The SMILES string of the molecule is N/C=C(\O)COc1ccc(Sc2cc(Cl)c(O/C=C/CCl)c(Cl)c2)cc1. The molecule has 0 aliphatic carbocycles. The molecule has 0 heterocycles. The second-order valence-electron chi connectivity index (χ2n) is 4.88. The normalized spacial score (nSPS) is 11.7. The van der Waals surface area contributed by atoms with Crippen molar-refractivity contribution in [3.05, 3.63) is 70.7 Å². The summed E-state index contributed by atoms with van der Waals surface area (Å²) >= 11 is 19.5. The smallest absolute Gasteiger partial charge is 0.163 e. The summed E-state index contributed by atoms with van der Waals surface area (Å²) in [7, 11) is 0. The van der Waals surface area contributed by atoms with Gasteiger partial charge in [0.05, 0.1) is 16.3 Å². The Morgan fingerprint density at radius 1 is 1.12 bits per heavy atom.